The van der Waals surface area contributed by atoms with Crippen LogP contribution in [-0.2, 0) is 12.8 Å². The van der Waals surface area contributed by atoms with Crippen molar-refractivity contribution in [2.24, 2.45) is 0 Å². The summed E-state index contributed by atoms with van der Waals surface area (Å²) in [6, 6.07) is 10.0. The molecule has 1 heterocycles. The maximum absolute atomic E-state index is 13.4. The molecule has 0 radical (unpaired) electrons. The molecular formula is C14H15FO2. The molecule has 2 nitrogen and oxygen atoms in total. The van der Waals surface area contributed by atoms with Gasteiger partial charge in [-0.2, -0.15) is 0 Å². The number of furan rings is 1. The molecule has 1 N–H and O–H groups in total. The predicted molar refractivity (Wildman–Crippen MR) is 63.1 cm³/mol. The predicted octanol–water partition coefficient (Wildman–Crippen LogP) is 3.26. The Hall–Kier alpha value is -1.61. The summed E-state index contributed by atoms with van der Waals surface area (Å²) in [4.78, 5) is 0. The first-order valence-corrected chi connectivity index (χ1v) is 5.70. The molecule has 3 heteroatoms. The number of aryl methyl sites for hydroxylation is 1. The molecule has 0 aliphatic heterocycles. The first-order chi connectivity index (χ1) is 8.20. The van der Waals surface area contributed by atoms with Gasteiger partial charge in [-0.15, -0.1) is 0 Å². The number of aliphatic hydroxyl groups excluding tert-OH is 1. The van der Waals surface area contributed by atoms with E-state index in [-0.39, 0.29) is 12.2 Å². The van der Waals surface area contributed by atoms with Crippen LogP contribution in [-0.4, -0.2) is 5.11 Å². The van der Waals surface area contributed by atoms with Crippen molar-refractivity contribution < 1.29 is 13.9 Å². The minimum absolute atomic E-state index is 0.226. The Kier molecular flexibility index (Phi) is 3.59. The van der Waals surface area contributed by atoms with Gasteiger partial charge in [0.2, 0.25) is 0 Å². The van der Waals surface area contributed by atoms with E-state index >= 15 is 0 Å². The van der Waals surface area contributed by atoms with E-state index in [1.807, 2.05) is 13.0 Å². The van der Waals surface area contributed by atoms with Crippen molar-refractivity contribution >= 4 is 0 Å². The van der Waals surface area contributed by atoms with Crippen LogP contribution < -0.4 is 0 Å². The van der Waals surface area contributed by atoms with E-state index in [2.05, 4.69) is 0 Å². The summed E-state index contributed by atoms with van der Waals surface area (Å²) < 4.78 is 18.8. The van der Waals surface area contributed by atoms with E-state index in [9.17, 15) is 9.50 Å². The fourth-order valence-corrected chi connectivity index (χ4v) is 1.74. The number of halogens is 1. The van der Waals surface area contributed by atoms with Crippen molar-refractivity contribution in [2.75, 3.05) is 0 Å². The van der Waals surface area contributed by atoms with Crippen molar-refractivity contribution in [3.8, 4) is 0 Å². The molecule has 1 aromatic carbocycles. The molecule has 1 unspecified atom stereocenters. The lowest BCUT2D eigenvalue weighted by molar-refractivity contribution is 0.147. The largest absolute Gasteiger partial charge is 0.463 e. The van der Waals surface area contributed by atoms with Crippen LogP contribution in [0.1, 0.15) is 30.1 Å². The second kappa shape index (κ2) is 5.15. The summed E-state index contributed by atoms with van der Waals surface area (Å²) in [6.45, 7) is 1.98. The van der Waals surface area contributed by atoms with E-state index in [0.29, 0.717) is 11.3 Å². The lowest BCUT2D eigenvalue weighted by Crippen LogP contribution is -2.02. The summed E-state index contributed by atoms with van der Waals surface area (Å²) in [6.07, 6.45) is 0.211. The van der Waals surface area contributed by atoms with Gasteiger partial charge in [-0.05, 0) is 23.8 Å². The monoisotopic (exact) mass is 234 g/mol. The molecule has 90 valence electrons. The number of aliphatic hydroxyl groups is 1. The van der Waals surface area contributed by atoms with Crippen LogP contribution in [0.25, 0.3) is 0 Å². The van der Waals surface area contributed by atoms with Gasteiger partial charge in [-0.25, -0.2) is 4.39 Å². The van der Waals surface area contributed by atoms with Crippen molar-refractivity contribution in [1.29, 1.82) is 0 Å². The lowest BCUT2D eigenvalue weighted by Gasteiger charge is -2.08. The average molecular weight is 234 g/mol. The van der Waals surface area contributed by atoms with Gasteiger partial charge in [0.1, 0.15) is 23.4 Å². The first kappa shape index (κ1) is 11.9. The number of benzene rings is 1. The van der Waals surface area contributed by atoms with Gasteiger partial charge in [0, 0.05) is 12.8 Å². The second-order valence-corrected chi connectivity index (χ2v) is 3.97. The summed E-state index contributed by atoms with van der Waals surface area (Å²) in [5.74, 6) is 1.02. The molecule has 0 saturated carbocycles. The van der Waals surface area contributed by atoms with E-state index in [4.69, 9.17) is 4.42 Å². The Bertz CT molecular complexity index is 490. The molecular weight excluding hydrogens is 219 g/mol. The van der Waals surface area contributed by atoms with Gasteiger partial charge in [-0.1, -0.05) is 25.1 Å². The number of hydrogen-bond acceptors (Lipinski definition) is 2. The SMILES string of the molecule is CCc1ccc(C(O)Cc2ccccc2F)o1. The van der Waals surface area contributed by atoms with Crippen LogP contribution in [0.2, 0.25) is 0 Å². The van der Waals surface area contributed by atoms with Gasteiger partial charge in [0.25, 0.3) is 0 Å². The Morgan fingerprint density at radius 2 is 2.00 bits per heavy atom. The third-order valence-corrected chi connectivity index (χ3v) is 2.73. The highest BCUT2D eigenvalue weighted by molar-refractivity contribution is 5.20. The molecule has 0 bridgehead atoms. The molecule has 0 aliphatic carbocycles. The fraction of sp³-hybridized carbons (Fsp3) is 0.286. The van der Waals surface area contributed by atoms with E-state index in [0.717, 1.165) is 12.2 Å². The van der Waals surface area contributed by atoms with Crippen LogP contribution in [0.3, 0.4) is 0 Å². The summed E-state index contributed by atoms with van der Waals surface area (Å²) >= 11 is 0. The zero-order valence-corrected chi connectivity index (χ0v) is 9.69. The molecule has 0 aliphatic rings. The highest BCUT2D eigenvalue weighted by Crippen LogP contribution is 2.22. The van der Waals surface area contributed by atoms with Gasteiger partial charge in [-0.3, -0.25) is 0 Å². The molecule has 0 amide bonds. The molecule has 2 rings (SSSR count). The molecule has 2 aromatic rings. The molecule has 0 fully saturated rings. The first-order valence-electron chi connectivity index (χ1n) is 5.70. The van der Waals surface area contributed by atoms with Gasteiger partial charge >= 0.3 is 0 Å². The maximum Gasteiger partial charge on any atom is 0.133 e. The Labute approximate surface area is 99.7 Å². The summed E-state index contributed by atoms with van der Waals surface area (Å²) in [5, 5.41) is 9.95. The molecule has 0 spiro atoms. The number of hydrogen-bond donors (Lipinski definition) is 1. The van der Waals surface area contributed by atoms with Crippen molar-refractivity contribution in [2.45, 2.75) is 25.9 Å². The third-order valence-electron chi connectivity index (χ3n) is 2.73. The Morgan fingerprint density at radius 3 is 2.65 bits per heavy atom. The van der Waals surface area contributed by atoms with Gasteiger partial charge in [0.05, 0.1) is 0 Å². The van der Waals surface area contributed by atoms with Crippen LogP contribution in [0.4, 0.5) is 4.39 Å². The highest BCUT2D eigenvalue weighted by Gasteiger charge is 2.14. The van der Waals surface area contributed by atoms with Crippen molar-refractivity contribution in [1.82, 2.24) is 0 Å². The van der Waals surface area contributed by atoms with Crippen molar-refractivity contribution in [3.63, 3.8) is 0 Å². The average Bonchev–Trinajstić information content (AvgIpc) is 2.81. The number of rotatable bonds is 4. The smallest absolute Gasteiger partial charge is 0.133 e. The second-order valence-electron chi connectivity index (χ2n) is 3.97. The minimum atomic E-state index is -0.799. The topological polar surface area (TPSA) is 33.4 Å². The van der Waals surface area contributed by atoms with E-state index < -0.39 is 6.10 Å². The zero-order chi connectivity index (χ0) is 12.3. The quantitative estimate of drug-likeness (QED) is 0.880. The summed E-state index contributed by atoms with van der Waals surface area (Å²) in [5.41, 5.74) is 0.495. The molecule has 0 saturated heterocycles. The minimum Gasteiger partial charge on any atom is -0.463 e. The van der Waals surface area contributed by atoms with Crippen LogP contribution in [0, 0.1) is 5.82 Å². The lowest BCUT2D eigenvalue weighted by atomic mass is 10.1. The zero-order valence-electron chi connectivity index (χ0n) is 9.69. The van der Waals surface area contributed by atoms with Crippen LogP contribution >= 0.6 is 0 Å². The Morgan fingerprint density at radius 1 is 1.24 bits per heavy atom. The molecule has 1 aromatic heterocycles. The van der Waals surface area contributed by atoms with Gasteiger partial charge in [0.15, 0.2) is 0 Å². The van der Waals surface area contributed by atoms with Gasteiger partial charge < -0.3 is 9.52 Å². The van der Waals surface area contributed by atoms with E-state index in [1.165, 1.54) is 6.07 Å². The third kappa shape index (κ3) is 2.74. The van der Waals surface area contributed by atoms with Crippen molar-refractivity contribution in [3.05, 3.63) is 59.3 Å². The Balaban J connectivity index is 2.11. The van der Waals surface area contributed by atoms with Crippen LogP contribution in [0.15, 0.2) is 40.8 Å². The molecule has 17 heavy (non-hydrogen) atoms. The highest BCUT2D eigenvalue weighted by atomic mass is 19.1. The standard InChI is InChI=1S/C14H15FO2/c1-2-11-7-8-14(17-11)13(16)9-10-5-3-4-6-12(10)15/h3-8,13,16H,2,9H2,1H3. The normalized spacial score (nSPS) is 12.6. The molecule has 1 atom stereocenters. The van der Waals surface area contributed by atoms with Crippen LogP contribution in [0.5, 0.6) is 0 Å². The maximum atomic E-state index is 13.4. The van der Waals surface area contributed by atoms with E-state index in [1.54, 1.807) is 24.3 Å². The summed E-state index contributed by atoms with van der Waals surface area (Å²) in [7, 11) is 0. The fourth-order valence-electron chi connectivity index (χ4n) is 1.74.